The molecule has 2 bridgehead atoms. The maximum absolute atomic E-state index is 2.51. The molecule has 2 unspecified atom stereocenters. The summed E-state index contributed by atoms with van der Waals surface area (Å²) in [6.07, 6.45) is 10.8. The minimum absolute atomic E-state index is 0.547. The van der Waals surface area contributed by atoms with E-state index in [0.29, 0.717) is 5.41 Å². The molecule has 0 nitrogen and oxygen atoms in total. The third-order valence-corrected chi connectivity index (χ3v) is 5.39. The summed E-state index contributed by atoms with van der Waals surface area (Å²) in [7, 11) is 0. The lowest BCUT2D eigenvalue weighted by molar-refractivity contribution is 0.269. The monoisotopic (exact) mass is 224 g/mol. The Morgan fingerprint density at radius 1 is 1.29 bits per heavy atom. The molecule has 1 spiro atoms. The van der Waals surface area contributed by atoms with Crippen molar-refractivity contribution in [3.8, 4) is 0 Å². The van der Waals surface area contributed by atoms with E-state index in [1.165, 1.54) is 44.1 Å². The number of hydrogen-bond acceptors (Lipinski definition) is 0. The highest BCUT2D eigenvalue weighted by molar-refractivity contribution is 5.45. The minimum Gasteiger partial charge on any atom is -0.0850 e. The van der Waals surface area contributed by atoms with Gasteiger partial charge in [-0.3, -0.25) is 0 Å². The van der Waals surface area contributed by atoms with Crippen molar-refractivity contribution in [3.63, 3.8) is 0 Å². The fraction of sp³-hybridized carbons (Fsp3) is 0.529. The molecule has 3 aliphatic rings. The van der Waals surface area contributed by atoms with Crippen LogP contribution in [0.25, 0.3) is 0 Å². The zero-order valence-electron chi connectivity index (χ0n) is 10.6. The molecule has 0 saturated heterocycles. The Bertz CT molecular complexity index is 509. The van der Waals surface area contributed by atoms with Crippen LogP contribution in [0.4, 0.5) is 0 Å². The zero-order chi connectivity index (χ0) is 11.5. The van der Waals surface area contributed by atoms with Gasteiger partial charge in [0.1, 0.15) is 0 Å². The molecule has 0 N–H and O–H groups in total. The molecule has 0 radical (unpaired) electrons. The molecule has 88 valence electrons. The van der Waals surface area contributed by atoms with Gasteiger partial charge in [0, 0.05) is 5.41 Å². The lowest BCUT2D eigenvalue weighted by Crippen LogP contribution is -2.35. The van der Waals surface area contributed by atoms with Gasteiger partial charge in [-0.1, -0.05) is 35.4 Å². The normalized spacial score (nSPS) is 33.9. The standard InChI is InChI=1S/C17H20/c1-12-4-7-16-14(9-12)3-2-8-17(16)11-13-5-6-15(17)10-13/h4-5,7,9,15H,2-3,6,8,10-11H2,1H3. The first-order chi connectivity index (χ1) is 8.28. The van der Waals surface area contributed by atoms with E-state index in [-0.39, 0.29) is 0 Å². The van der Waals surface area contributed by atoms with E-state index in [1.807, 2.05) is 0 Å². The van der Waals surface area contributed by atoms with Crippen molar-refractivity contribution in [1.82, 2.24) is 0 Å². The molecule has 3 aliphatic carbocycles. The van der Waals surface area contributed by atoms with Crippen molar-refractivity contribution >= 4 is 0 Å². The molecule has 1 fully saturated rings. The summed E-state index contributed by atoms with van der Waals surface area (Å²) in [6, 6.07) is 7.22. The van der Waals surface area contributed by atoms with Gasteiger partial charge in [-0.05, 0) is 62.5 Å². The van der Waals surface area contributed by atoms with Crippen LogP contribution in [0.1, 0.15) is 48.8 Å². The van der Waals surface area contributed by atoms with Gasteiger partial charge < -0.3 is 0 Å². The molecular weight excluding hydrogens is 204 g/mol. The second-order valence-corrected chi connectivity index (χ2v) is 6.35. The Kier molecular flexibility index (Phi) is 1.90. The van der Waals surface area contributed by atoms with Gasteiger partial charge in [0.15, 0.2) is 0 Å². The summed E-state index contributed by atoms with van der Waals surface area (Å²) in [5.41, 5.74) is 7.10. The predicted molar refractivity (Wildman–Crippen MR) is 71.2 cm³/mol. The van der Waals surface area contributed by atoms with Crippen molar-refractivity contribution in [1.29, 1.82) is 0 Å². The van der Waals surface area contributed by atoms with Crippen LogP contribution in [0.3, 0.4) is 0 Å². The second-order valence-electron chi connectivity index (χ2n) is 6.35. The fourth-order valence-electron chi connectivity index (χ4n) is 4.66. The molecule has 1 saturated carbocycles. The van der Waals surface area contributed by atoms with E-state index in [4.69, 9.17) is 0 Å². The first kappa shape index (κ1) is 9.94. The lowest BCUT2D eigenvalue weighted by Gasteiger charge is -2.41. The maximum atomic E-state index is 2.51. The molecule has 4 rings (SSSR count). The van der Waals surface area contributed by atoms with Gasteiger partial charge >= 0.3 is 0 Å². The molecule has 1 aromatic carbocycles. The van der Waals surface area contributed by atoms with Gasteiger partial charge in [-0.15, -0.1) is 0 Å². The van der Waals surface area contributed by atoms with Gasteiger partial charge in [0.05, 0.1) is 0 Å². The number of benzene rings is 1. The van der Waals surface area contributed by atoms with Crippen molar-refractivity contribution in [2.45, 2.75) is 50.9 Å². The van der Waals surface area contributed by atoms with Gasteiger partial charge in [0.25, 0.3) is 0 Å². The van der Waals surface area contributed by atoms with Crippen LogP contribution in [0.2, 0.25) is 0 Å². The smallest absolute Gasteiger partial charge is 0.00272 e. The summed E-state index contributed by atoms with van der Waals surface area (Å²) in [5.74, 6) is 0.930. The van der Waals surface area contributed by atoms with Gasteiger partial charge in [-0.25, -0.2) is 0 Å². The molecule has 0 heterocycles. The van der Waals surface area contributed by atoms with Gasteiger partial charge in [-0.2, -0.15) is 0 Å². The third-order valence-electron chi connectivity index (χ3n) is 5.39. The quantitative estimate of drug-likeness (QED) is 0.576. The lowest BCUT2D eigenvalue weighted by atomic mass is 9.62. The predicted octanol–water partition coefficient (Wildman–Crippen LogP) is 4.31. The zero-order valence-corrected chi connectivity index (χ0v) is 10.6. The second kappa shape index (κ2) is 3.25. The average molecular weight is 224 g/mol. The van der Waals surface area contributed by atoms with Crippen LogP contribution in [0.15, 0.2) is 29.8 Å². The van der Waals surface area contributed by atoms with Crippen LogP contribution >= 0.6 is 0 Å². The Hall–Kier alpha value is -1.04. The van der Waals surface area contributed by atoms with Crippen molar-refractivity contribution in [3.05, 3.63) is 46.5 Å². The number of allylic oxidation sites excluding steroid dienone is 2. The summed E-state index contributed by atoms with van der Waals surface area (Å²) < 4.78 is 0. The molecule has 2 atom stereocenters. The van der Waals surface area contributed by atoms with Crippen LogP contribution < -0.4 is 0 Å². The van der Waals surface area contributed by atoms with E-state index < -0.39 is 0 Å². The Labute approximate surface area is 104 Å². The molecule has 1 aromatic rings. The first-order valence-electron chi connectivity index (χ1n) is 7.06. The number of aryl methyl sites for hydroxylation is 2. The SMILES string of the molecule is Cc1ccc2c(c1)CCCC21CC2=CCC1C2. The van der Waals surface area contributed by atoms with Crippen LogP contribution in [-0.4, -0.2) is 0 Å². The molecular formula is C17H20. The third kappa shape index (κ3) is 1.24. The number of rotatable bonds is 0. The Balaban J connectivity index is 1.88. The Morgan fingerprint density at radius 3 is 3.00 bits per heavy atom. The van der Waals surface area contributed by atoms with Crippen LogP contribution in [0, 0.1) is 12.8 Å². The molecule has 17 heavy (non-hydrogen) atoms. The highest BCUT2D eigenvalue weighted by Crippen LogP contribution is 2.58. The van der Waals surface area contributed by atoms with E-state index in [2.05, 4.69) is 31.2 Å². The average Bonchev–Trinajstić information content (AvgIpc) is 2.89. The minimum atomic E-state index is 0.547. The van der Waals surface area contributed by atoms with Crippen molar-refractivity contribution in [2.75, 3.05) is 0 Å². The molecule has 0 amide bonds. The van der Waals surface area contributed by atoms with Crippen LogP contribution in [-0.2, 0) is 11.8 Å². The summed E-state index contributed by atoms with van der Waals surface area (Å²) in [6.45, 7) is 2.23. The van der Waals surface area contributed by atoms with E-state index in [1.54, 1.807) is 16.7 Å². The maximum Gasteiger partial charge on any atom is 0.00272 e. The largest absolute Gasteiger partial charge is 0.0850 e. The number of fused-ring (bicyclic) bond motifs is 5. The highest BCUT2D eigenvalue weighted by atomic mass is 14.5. The number of hydrogen-bond donors (Lipinski definition) is 0. The summed E-state index contributed by atoms with van der Waals surface area (Å²) >= 11 is 0. The van der Waals surface area contributed by atoms with E-state index >= 15 is 0 Å². The molecule has 0 aromatic heterocycles. The van der Waals surface area contributed by atoms with Crippen molar-refractivity contribution < 1.29 is 0 Å². The summed E-state index contributed by atoms with van der Waals surface area (Å²) in [5, 5.41) is 0. The first-order valence-corrected chi connectivity index (χ1v) is 7.06. The fourth-order valence-corrected chi connectivity index (χ4v) is 4.66. The molecule has 0 heteroatoms. The molecule has 0 aliphatic heterocycles. The highest BCUT2D eigenvalue weighted by Gasteiger charge is 2.49. The van der Waals surface area contributed by atoms with E-state index in [9.17, 15) is 0 Å². The van der Waals surface area contributed by atoms with Crippen LogP contribution in [0.5, 0.6) is 0 Å². The van der Waals surface area contributed by atoms with E-state index in [0.717, 1.165) is 5.92 Å². The summed E-state index contributed by atoms with van der Waals surface area (Å²) in [4.78, 5) is 0. The van der Waals surface area contributed by atoms with Crippen molar-refractivity contribution in [2.24, 2.45) is 5.92 Å². The van der Waals surface area contributed by atoms with Gasteiger partial charge in [0.2, 0.25) is 0 Å². The Morgan fingerprint density at radius 2 is 2.24 bits per heavy atom. The topological polar surface area (TPSA) is 0 Å².